The first-order valence-corrected chi connectivity index (χ1v) is 8.52. The van der Waals surface area contributed by atoms with E-state index in [4.69, 9.17) is 9.47 Å². The summed E-state index contributed by atoms with van der Waals surface area (Å²) in [5, 5.41) is 6.93. The number of hydrogen-bond acceptors (Lipinski definition) is 6. The van der Waals surface area contributed by atoms with Crippen molar-refractivity contribution < 1.29 is 9.47 Å². The quantitative estimate of drug-likeness (QED) is 0.566. The molecule has 0 saturated heterocycles. The van der Waals surface area contributed by atoms with Crippen LogP contribution < -0.4 is 14.9 Å². The summed E-state index contributed by atoms with van der Waals surface area (Å²) in [6.07, 6.45) is 2.66. The maximum Gasteiger partial charge on any atom is 0.203 e. The van der Waals surface area contributed by atoms with E-state index in [0.717, 1.165) is 33.0 Å². The Labute approximate surface area is 142 Å². The Bertz CT molecular complexity index is 658. The van der Waals surface area contributed by atoms with E-state index in [-0.39, 0.29) is 0 Å². The number of halogens is 1. The van der Waals surface area contributed by atoms with Gasteiger partial charge in [-0.3, -0.25) is 5.43 Å². The molecule has 5 nitrogen and oxygen atoms in total. The van der Waals surface area contributed by atoms with Crippen LogP contribution >= 0.6 is 27.3 Å². The minimum atomic E-state index is 0.654. The van der Waals surface area contributed by atoms with E-state index >= 15 is 0 Å². The Morgan fingerprint density at radius 1 is 1.41 bits per heavy atom. The number of aryl methyl sites for hydroxylation is 1. The van der Waals surface area contributed by atoms with Crippen LogP contribution in [0.2, 0.25) is 0 Å². The highest BCUT2D eigenvalue weighted by molar-refractivity contribution is 9.10. The summed E-state index contributed by atoms with van der Waals surface area (Å²) in [6.45, 7) is 4.66. The second kappa shape index (κ2) is 8.14. The van der Waals surface area contributed by atoms with Crippen molar-refractivity contribution >= 4 is 38.6 Å². The standard InChI is InChI=1S/C15H18BrN3O2S/c1-4-5-21-14-7-12(16)11(6-13(14)20-3)8-17-19-15-18-10(2)9-22-15/h6-9H,4-5H2,1-3H3,(H,18,19). The van der Waals surface area contributed by atoms with Crippen LogP contribution in [0, 0.1) is 6.92 Å². The molecule has 0 bridgehead atoms. The van der Waals surface area contributed by atoms with E-state index in [9.17, 15) is 0 Å². The number of methoxy groups -OCH3 is 1. The third-order valence-corrected chi connectivity index (χ3v) is 4.28. The topological polar surface area (TPSA) is 55.7 Å². The van der Waals surface area contributed by atoms with Crippen molar-refractivity contribution in [2.45, 2.75) is 20.3 Å². The lowest BCUT2D eigenvalue weighted by Crippen LogP contribution is -1.99. The number of ether oxygens (including phenoxy) is 2. The van der Waals surface area contributed by atoms with Gasteiger partial charge in [-0.25, -0.2) is 4.98 Å². The van der Waals surface area contributed by atoms with Gasteiger partial charge >= 0.3 is 0 Å². The van der Waals surface area contributed by atoms with Crippen LogP contribution in [0.3, 0.4) is 0 Å². The SMILES string of the molecule is CCCOc1cc(Br)c(C=NNc2nc(C)cs2)cc1OC. The average Bonchev–Trinajstić information content (AvgIpc) is 2.92. The molecule has 0 radical (unpaired) electrons. The zero-order valence-corrected chi connectivity index (χ0v) is 15.1. The Morgan fingerprint density at radius 2 is 2.23 bits per heavy atom. The maximum atomic E-state index is 5.67. The number of nitrogens with one attached hydrogen (secondary N) is 1. The lowest BCUT2D eigenvalue weighted by atomic mass is 10.2. The monoisotopic (exact) mass is 383 g/mol. The van der Waals surface area contributed by atoms with Crippen molar-refractivity contribution in [1.82, 2.24) is 4.98 Å². The normalized spacial score (nSPS) is 10.9. The van der Waals surface area contributed by atoms with E-state index in [1.54, 1.807) is 13.3 Å². The predicted molar refractivity (Wildman–Crippen MR) is 94.5 cm³/mol. The summed E-state index contributed by atoms with van der Waals surface area (Å²) in [5.41, 5.74) is 4.78. The fraction of sp³-hybridized carbons (Fsp3) is 0.333. The third-order valence-electron chi connectivity index (χ3n) is 2.73. The number of thiazole rings is 1. The van der Waals surface area contributed by atoms with Crippen molar-refractivity contribution in [2.24, 2.45) is 5.10 Å². The molecule has 1 heterocycles. The summed E-state index contributed by atoms with van der Waals surface area (Å²) in [5.74, 6) is 1.40. The van der Waals surface area contributed by atoms with Crippen LogP contribution in [0.5, 0.6) is 11.5 Å². The molecule has 0 fully saturated rings. The highest BCUT2D eigenvalue weighted by Crippen LogP contribution is 2.33. The van der Waals surface area contributed by atoms with Crippen LogP contribution in [0.15, 0.2) is 27.1 Å². The maximum absolute atomic E-state index is 5.67. The van der Waals surface area contributed by atoms with E-state index in [1.165, 1.54) is 11.3 Å². The molecule has 0 saturated carbocycles. The molecule has 118 valence electrons. The Kier molecular flexibility index (Phi) is 6.21. The van der Waals surface area contributed by atoms with Gasteiger partial charge in [-0.05, 0) is 41.4 Å². The van der Waals surface area contributed by atoms with E-state index in [1.807, 2.05) is 24.4 Å². The molecule has 0 amide bonds. The van der Waals surface area contributed by atoms with Crippen LogP contribution in [-0.4, -0.2) is 24.9 Å². The molecule has 1 N–H and O–H groups in total. The molecule has 7 heteroatoms. The molecule has 1 aromatic carbocycles. The fourth-order valence-electron chi connectivity index (χ4n) is 1.70. The van der Waals surface area contributed by atoms with E-state index in [0.29, 0.717) is 12.4 Å². The summed E-state index contributed by atoms with van der Waals surface area (Å²) in [7, 11) is 1.62. The van der Waals surface area contributed by atoms with Crippen molar-refractivity contribution in [3.05, 3.63) is 33.2 Å². The number of nitrogens with zero attached hydrogens (tertiary/aromatic N) is 2. The lowest BCUT2D eigenvalue weighted by molar-refractivity contribution is 0.294. The molecule has 2 rings (SSSR count). The molecular weight excluding hydrogens is 366 g/mol. The van der Waals surface area contributed by atoms with Crippen LogP contribution in [0.1, 0.15) is 24.6 Å². The van der Waals surface area contributed by atoms with Gasteiger partial charge in [0.2, 0.25) is 5.13 Å². The van der Waals surface area contributed by atoms with Crippen molar-refractivity contribution in [1.29, 1.82) is 0 Å². The molecule has 22 heavy (non-hydrogen) atoms. The highest BCUT2D eigenvalue weighted by Gasteiger charge is 2.09. The molecule has 1 aromatic heterocycles. The summed E-state index contributed by atoms with van der Waals surface area (Å²) in [4.78, 5) is 4.28. The molecule has 0 spiro atoms. The molecule has 0 unspecified atom stereocenters. The number of aromatic nitrogens is 1. The molecule has 0 atom stereocenters. The number of hydrogen-bond donors (Lipinski definition) is 1. The van der Waals surface area contributed by atoms with Crippen LogP contribution in [0.25, 0.3) is 0 Å². The molecule has 0 aliphatic carbocycles. The smallest absolute Gasteiger partial charge is 0.203 e. The van der Waals surface area contributed by atoms with Gasteiger partial charge in [0.05, 0.1) is 25.6 Å². The molecular formula is C15H18BrN3O2S. The van der Waals surface area contributed by atoms with E-state index < -0.39 is 0 Å². The fourth-order valence-corrected chi connectivity index (χ4v) is 2.76. The summed E-state index contributed by atoms with van der Waals surface area (Å²) < 4.78 is 11.9. The second-order valence-electron chi connectivity index (χ2n) is 4.54. The molecule has 0 aliphatic rings. The van der Waals surface area contributed by atoms with Gasteiger partial charge in [0.1, 0.15) is 0 Å². The Hall–Kier alpha value is -1.60. The van der Waals surface area contributed by atoms with Gasteiger partial charge in [-0.15, -0.1) is 11.3 Å². The minimum Gasteiger partial charge on any atom is -0.493 e. The van der Waals surface area contributed by atoms with Gasteiger partial charge in [0.25, 0.3) is 0 Å². The van der Waals surface area contributed by atoms with Gasteiger partial charge < -0.3 is 9.47 Å². The van der Waals surface area contributed by atoms with E-state index in [2.05, 4.69) is 38.4 Å². The first kappa shape index (κ1) is 16.8. The second-order valence-corrected chi connectivity index (χ2v) is 6.25. The van der Waals surface area contributed by atoms with Crippen LogP contribution in [-0.2, 0) is 0 Å². The summed E-state index contributed by atoms with van der Waals surface area (Å²) >= 11 is 5.04. The van der Waals surface area contributed by atoms with Crippen molar-refractivity contribution in [2.75, 3.05) is 19.1 Å². The lowest BCUT2D eigenvalue weighted by Gasteiger charge is -2.11. The zero-order valence-electron chi connectivity index (χ0n) is 12.7. The first-order valence-electron chi connectivity index (χ1n) is 6.85. The number of anilines is 1. The van der Waals surface area contributed by atoms with Gasteiger partial charge in [0.15, 0.2) is 11.5 Å². The van der Waals surface area contributed by atoms with Crippen LogP contribution in [0.4, 0.5) is 5.13 Å². The van der Waals surface area contributed by atoms with Gasteiger partial charge in [-0.2, -0.15) is 5.10 Å². The number of rotatable bonds is 7. The summed E-state index contributed by atoms with van der Waals surface area (Å²) in [6, 6.07) is 3.77. The average molecular weight is 384 g/mol. The minimum absolute atomic E-state index is 0.654. The van der Waals surface area contributed by atoms with Gasteiger partial charge in [0, 0.05) is 15.4 Å². The largest absolute Gasteiger partial charge is 0.493 e. The van der Waals surface area contributed by atoms with Crippen molar-refractivity contribution in [3.63, 3.8) is 0 Å². The van der Waals surface area contributed by atoms with Gasteiger partial charge in [-0.1, -0.05) is 6.92 Å². The predicted octanol–water partition coefficient (Wildman–Crippen LogP) is 4.46. The zero-order chi connectivity index (χ0) is 15.9. The molecule has 2 aromatic rings. The highest BCUT2D eigenvalue weighted by atomic mass is 79.9. The Morgan fingerprint density at radius 3 is 2.86 bits per heavy atom. The number of hydrazone groups is 1. The third kappa shape index (κ3) is 4.45. The first-order chi connectivity index (χ1) is 10.6. The molecule has 0 aliphatic heterocycles. The Balaban J connectivity index is 2.13. The number of benzene rings is 1. The van der Waals surface area contributed by atoms with Crippen molar-refractivity contribution in [3.8, 4) is 11.5 Å².